The molecule has 0 saturated carbocycles. The van der Waals surface area contributed by atoms with Crippen molar-refractivity contribution in [1.82, 2.24) is 15.2 Å². The van der Waals surface area contributed by atoms with Crippen LogP contribution in [0.25, 0.3) is 11.3 Å². The van der Waals surface area contributed by atoms with Crippen LogP contribution in [0.2, 0.25) is 0 Å². The van der Waals surface area contributed by atoms with Crippen molar-refractivity contribution in [2.24, 2.45) is 0 Å². The van der Waals surface area contributed by atoms with E-state index < -0.39 is 0 Å². The van der Waals surface area contributed by atoms with Crippen molar-refractivity contribution in [3.63, 3.8) is 0 Å². The number of nitrogens with one attached hydrogen (secondary N) is 1. The molecule has 146 valence electrons. The van der Waals surface area contributed by atoms with E-state index in [1.165, 1.54) is 0 Å². The van der Waals surface area contributed by atoms with E-state index in [0.29, 0.717) is 30.4 Å². The van der Waals surface area contributed by atoms with Gasteiger partial charge in [-0.25, -0.2) is 4.98 Å². The van der Waals surface area contributed by atoms with Gasteiger partial charge in [-0.3, -0.25) is 4.79 Å². The van der Waals surface area contributed by atoms with E-state index in [0.717, 1.165) is 35.5 Å². The summed E-state index contributed by atoms with van der Waals surface area (Å²) in [6.45, 7) is 1.58. The van der Waals surface area contributed by atoms with Gasteiger partial charge in [0.1, 0.15) is 0 Å². The first-order valence-corrected chi connectivity index (χ1v) is 9.49. The highest BCUT2D eigenvalue weighted by Gasteiger charge is 2.21. The number of hydrogen-bond donors (Lipinski definition) is 1. The zero-order chi connectivity index (χ0) is 19.6. The molecule has 1 amide bonds. The Labute approximate surface area is 167 Å². The third kappa shape index (κ3) is 3.56. The molecule has 1 fully saturated rings. The van der Waals surface area contributed by atoms with Crippen LogP contribution >= 0.6 is 0 Å². The molecule has 0 aliphatic carbocycles. The Hall–Kier alpha value is -3.68. The zero-order valence-corrected chi connectivity index (χ0v) is 15.7. The minimum Gasteiger partial charge on any atom is -0.454 e. The summed E-state index contributed by atoms with van der Waals surface area (Å²) >= 11 is 0. The number of nitrogens with zero attached hydrogens (tertiary/aromatic N) is 4. The molecular formula is C21H19N5O3. The van der Waals surface area contributed by atoms with Crippen LogP contribution in [0.1, 0.15) is 18.4 Å². The van der Waals surface area contributed by atoms with Crippen molar-refractivity contribution < 1.29 is 14.3 Å². The minimum absolute atomic E-state index is 0.190. The monoisotopic (exact) mass is 389 g/mol. The molecule has 2 aromatic carbocycles. The SMILES string of the molecule is O=C1CCCN1c1ccc(CNc2nncc(-c3ccc4c(c3)OCO4)n2)cc1. The first kappa shape index (κ1) is 17.4. The molecule has 1 aromatic heterocycles. The van der Waals surface area contributed by atoms with Crippen molar-refractivity contribution in [3.05, 3.63) is 54.2 Å². The topological polar surface area (TPSA) is 89.5 Å². The number of amides is 1. The molecule has 2 aliphatic heterocycles. The molecule has 2 aliphatic rings. The fraction of sp³-hybridized carbons (Fsp3) is 0.238. The molecule has 3 aromatic rings. The first-order valence-electron chi connectivity index (χ1n) is 9.49. The molecular weight excluding hydrogens is 370 g/mol. The predicted molar refractivity (Wildman–Crippen MR) is 107 cm³/mol. The van der Waals surface area contributed by atoms with Crippen molar-refractivity contribution in [2.45, 2.75) is 19.4 Å². The third-order valence-corrected chi connectivity index (χ3v) is 5.00. The van der Waals surface area contributed by atoms with Crippen LogP contribution in [0.3, 0.4) is 0 Å². The lowest BCUT2D eigenvalue weighted by Crippen LogP contribution is -2.23. The third-order valence-electron chi connectivity index (χ3n) is 5.00. The molecule has 1 saturated heterocycles. The maximum atomic E-state index is 11.9. The van der Waals surface area contributed by atoms with Gasteiger partial charge in [0, 0.05) is 30.8 Å². The predicted octanol–water partition coefficient (Wildman–Crippen LogP) is 3.01. The second-order valence-corrected chi connectivity index (χ2v) is 6.90. The lowest BCUT2D eigenvalue weighted by Gasteiger charge is -2.16. The second kappa shape index (κ2) is 7.38. The maximum absolute atomic E-state index is 11.9. The molecule has 3 heterocycles. The number of carbonyl (C=O) groups is 1. The molecule has 0 bridgehead atoms. The fourth-order valence-electron chi connectivity index (χ4n) is 3.47. The summed E-state index contributed by atoms with van der Waals surface area (Å²) in [6.07, 6.45) is 3.17. The molecule has 0 radical (unpaired) electrons. The molecule has 0 spiro atoms. The highest BCUT2D eigenvalue weighted by atomic mass is 16.7. The molecule has 8 nitrogen and oxygen atoms in total. The largest absolute Gasteiger partial charge is 0.454 e. The summed E-state index contributed by atoms with van der Waals surface area (Å²) in [5.41, 5.74) is 3.59. The Balaban J connectivity index is 1.27. The summed E-state index contributed by atoms with van der Waals surface area (Å²) in [7, 11) is 0. The summed E-state index contributed by atoms with van der Waals surface area (Å²) < 4.78 is 10.8. The van der Waals surface area contributed by atoms with Gasteiger partial charge in [-0.1, -0.05) is 12.1 Å². The average molecular weight is 389 g/mol. The van der Waals surface area contributed by atoms with E-state index >= 15 is 0 Å². The van der Waals surface area contributed by atoms with Crippen LogP contribution < -0.4 is 19.7 Å². The van der Waals surface area contributed by atoms with Gasteiger partial charge in [-0.15, -0.1) is 5.10 Å². The molecule has 5 rings (SSSR count). The molecule has 0 atom stereocenters. The van der Waals surface area contributed by atoms with Crippen LogP contribution in [-0.2, 0) is 11.3 Å². The van der Waals surface area contributed by atoms with Crippen LogP contribution in [0.15, 0.2) is 48.7 Å². The Morgan fingerprint density at radius 2 is 1.93 bits per heavy atom. The summed E-state index contributed by atoms with van der Waals surface area (Å²) in [5.74, 6) is 2.06. The fourth-order valence-corrected chi connectivity index (χ4v) is 3.47. The Morgan fingerprint density at radius 1 is 1.07 bits per heavy atom. The van der Waals surface area contributed by atoms with Gasteiger partial charge >= 0.3 is 0 Å². The van der Waals surface area contributed by atoms with Crippen LogP contribution in [0.4, 0.5) is 11.6 Å². The Morgan fingerprint density at radius 3 is 2.76 bits per heavy atom. The van der Waals surface area contributed by atoms with Gasteiger partial charge in [-0.05, 0) is 42.3 Å². The number of rotatable bonds is 5. The number of aromatic nitrogens is 3. The number of carbonyl (C=O) groups excluding carboxylic acids is 1. The van der Waals surface area contributed by atoms with Gasteiger partial charge in [0.15, 0.2) is 11.5 Å². The Bertz CT molecular complexity index is 1050. The summed E-state index contributed by atoms with van der Waals surface area (Å²) in [4.78, 5) is 18.2. The summed E-state index contributed by atoms with van der Waals surface area (Å²) in [5, 5.41) is 11.3. The first-order chi connectivity index (χ1) is 14.3. The smallest absolute Gasteiger partial charge is 0.243 e. The van der Waals surface area contributed by atoms with Crippen molar-refractivity contribution >= 4 is 17.5 Å². The normalized spacial score (nSPS) is 15.0. The highest BCUT2D eigenvalue weighted by molar-refractivity contribution is 5.95. The van der Waals surface area contributed by atoms with Crippen LogP contribution in [-0.4, -0.2) is 34.4 Å². The number of anilines is 2. The van der Waals surface area contributed by atoms with Crippen LogP contribution in [0.5, 0.6) is 11.5 Å². The van der Waals surface area contributed by atoms with Gasteiger partial charge < -0.3 is 19.7 Å². The summed E-state index contributed by atoms with van der Waals surface area (Å²) in [6, 6.07) is 13.6. The lowest BCUT2D eigenvalue weighted by atomic mass is 10.1. The quantitative estimate of drug-likeness (QED) is 0.717. The molecule has 1 N–H and O–H groups in total. The van der Waals surface area contributed by atoms with E-state index in [2.05, 4.69) is 20.5 Å². The van der Waals surface area contributed by atoms with Crippen molar-refractivity contribution in [3.8, 4) is 22.8 Å². The number of benzene rings is 2. The number of hydrogen-bond acceptors (Lipinski definition) is 7. The van der Waals surface area contributed by atoms with Crippen molar-refractivity contribution in [1.29, 1.82) is 0 Å². The minimum atomic E-state index is 0.190. The van der Waals surface area contributed by atoms with E-state index in [9.17, 15) is 4.79 Å². The zero-order valence-electron chi connectivity index (χ0n) is 15.7. The van der Waals surface area contributed by atoms with Gasteiger partial charge in [0.25, 0.3) is 0 Å². The second-order valence-electron chi connectivity index (χ2n) is 6.90. The number of ether oxygens (including phenoxy) is 2. The van der Waals surface area contributed by atoms with Gasteiger partial charge in [0.05, 0.1) is 11.9 Å². The van der Waals surface area contributed by atoms with Gasteiger partial charge in [0.2, 0.25) is 18.6 Å². The standard InChI is InChI=1S/C21H19N5O3/c27-20-2-1-9-26(20)16-6-3-14(4-7-16)11-22-21-24-17(12-23-25-21)15-5-8-18-19(10-15)29-13-28-18/h3-8,10,12H,1-2,9,11,13H2,(H,22,24,25). The molecule has 0 unspecified atom stereocenters. The van der Waals surface area contributed by atoms with E-state index in [-0.39, 0.29) is 12.7 Å². The maximum Gasteiger partial charge on any atom is 0.243 e. The van der Waals surface area contributed by atoms with E-state index in [1.54, 1.807) is 6.20 Å². The molecule has 8 heteroatoms. The van der Waals surface area contributed by atoms with Crippen LogP contribution in [0, 0.1) is 0 Å². The average Bonchev–Trinajstić information content (AvgIpc) is 3.41. The van der Waals surface area contributed by atoms with Gasteiger partial charge in [-0.2, -0.15) is 5.10 Å². The Kier molecular flexibility index (Phi) is 4.44. The lowest BCUT2D eigenvalue weighted by molar-refractivity contribution is -0.117. The number of fused-ring (bicyclic) bond motifs is 1. The van der Waals surface area contributed by atoms with Crippen molar-refractivity contribution in [2.75, 3.05) is 23.6 Å². The van der Waals surface area contributed by atoms with E-state index in [1.807, 2.05) is 47.4 Å². The van der Waals surface area contributed by atoms with E-state index in [4.69, 9.17) is 9.47 Å². The highest BCUT2D eigenvalue weighted by Crippen LogP contribution is 2.35. The molecule has 29 heavy (non-hydrogen) atoms.